The van der Waals surface area contributed by atoms with Crippen molar-refractivity contribution >= 4 is 11.8 Å². The van der Waals surface area contributed by atoms with Gasteiger partial charge in [0, 0.05) is 5.56 Å². The molecule has 1 aromatic rings. The van der Waals surface area contributed by atoms with Gasteiger partial charge in [-0.05, 0) is 25.5 Å². The summed E-state index contributed by atoms with van der Waals surface area (Å²) in [7, 11) is 0. The van der Waals surface area contributed by atoms with E-state index in [0.717, 1.165) is 0 Å². The molecule has 0 aromatic heterocycles. The molecule has 0 spiro atoms. The highest BCUT2D eigenvalue weighted by atomic mass is 16.5. The monoisotopic (exact) mass is 229 g/mol. The van der Waals surface area contributed by atoms with Crippen LogP contribution in [-0.4, -0.2) is 6.08 Å². The molecule has 0 N–H and O–H groups in total. The van der Waals surface area contributed by atoms with E-state index in [4.69, 9.17) is 20.0 Å². The van der Waals surface area contributed by atoms with E-state index in [0.29, 0.717) is 11.1 Å². The Labute approximate surface area is 97.3 Å². The van der Waals surface area contributed by atoms with Crippen LogP contribution in [0.25, 0.3) is 0 Å². The van der Waals surface area contributed by atoms with Crippen molar-refractivity contribution in [2.75, 3.05) is 0 Å². The minimum atomic E-state index is 0.131. The Bertz CT molecular complexity index is 575. The number of ether oxygens (including phenoxy) is 2. The summed E-state index contributed by atoms with van der Waals surface area (Å²) in [4.78, 5) is 13.8. The number of nitriles is 2. The lowest BCUT2D eigenvalue weighted by Gasteiger charge is -2.10. The van der Waals surface area contributed by atoms with Gasteiger partial charge in [0.25, 0.3) is 12.5 Å². The molecule has 0 fully saturated rings. The molecule has 0 aliphatic rings. The topological polar surface area (TPSA) is 95.5 Å². The summed E-state index contributed by atoms with van der Waals surface area (Å²) in [6.07, 6.45) is 4.40. The maximum Gasteiger partial charge on any atom is 0.292 e. The Kier molecular flexibility index (Phi) is 3.83. The van der Waals surface area contributed by atoms with Gasteiger partial charge >= 0.3 is 0 Å². The summed E-state index contributed by atoms with van der Waals surface area (Å²) in [5.74, 6) is 0.405. The highest BCUT2D eigenvalue weighted by Gasteiger charge is 2.16. The summed E-state index contributed by atoms with van der Waals surface area (Å²) < 4.78 is 9.44. The Morgan fingerprint density at radius 2 is 1.88 bits per heavy atom. The van der Waals surface area contributed by atoms with Crippen LogP contribution in [0.4, 0.5) is 5.69 Å². The molecule has 0 aliphatic carbocycles. The number of carbonyl (C=O) groups excluding carboxylic acids is 1. The summed E-state index contributed by atoms with van der Waals surface area (Å²) in [5.41, 5.74) is 1.08. The predicted octanol–water partition coefficient (Wildman–Crippen LogP) is 1.99. The van der Waals surface area contributed by atoms with Gasteiger partial charge in [0.05, 0.1) is 0 Å². The first kappa shape index (κ1) is 12.3. The van der Waals surface area contributed by atoms with Crippen LogP contribution in [0.1, 0.15) is 11.1 Å². The molecule has 17 heavy (non-hydrogen) atoms. The van der Waals surface area contributed by atoms with Crippen molar-refractivity contribution in [2.24, 2.45) is 4.99 Å². The number of hydrogen-bond acceptors (Lipinski definition) is 6. The molecule has 0 aliphatic heterocycles. The zero-order valence-electron chi connectivity index (χ0n) is 9.14. The van der Waals surface area contributed by atoms with Crippen LogP contribution >= 0.6 is 0 Å². The second kappa shape index (κ2) is 5.32. The van der Waals surface area contributed by atoms with E-state index >= 15 is 0 Å². The fourth-order valence-electron chi connectivity index (χ4n) is 1.35. The van der Waals surface area contributed by atoms with Crippen molar-refractivity contribution < 1.29 is 14.3 Å². The van der Waals surface area contributed by atoms with Crippen LogP contribution < -0.4 is 9.47 Å². The van der Waals surface area contributed by atoms with Gasteiger partial charge in [0.2, 0.25) is 6.08 Å². The largest absolute Gasteiger partial charge is 0.388 e. The summed E-state index contributed by atoms with van der Waals surface area (Å²) in [6, 6.07) is 1.52. The fraction of sp³-hybridized carbons (Fsp3) is 0.182. The lowest BCUT2D eigenvalue weighted by Crippen LogP contribution is -1.94. The first-order valence-corrected chi connectivity index (χ1v) is 4.49. The van der Waals surface area contributed by atoms with Gasteiger partial charge in [-0.15, -0.1) is 10.5 Å². The third-order valence-corrected chi connectivity index (χ3v) is 2.11. The Morgan fingerprint density at radius 3 is 2.41 bits per heavy atom. The fourth-order valence-corrected chi connectivity index (χ4v) is 1.35. The number of aryl methyl sites for hydroxylation is 1. The molecule has 0 atom stereocenters. The SMILES string of the molecule is Cc1cc(OC#N)c(C)c(N=C=O)c1OC#N. The molecule has 0 unspecified atom stereocenters. The van der Waals surface area contributed by atoms with Gasteiger partial charge in [-0.1, -0.05) is 0 Å². The Hall–Kier alpha value is -2.82. The first-order chi connectivity index (χ1) is 8.15. The molecular weight excluding hydrogens is 222 g/mol. The number of hydrogen-bond donors (Lipinski definition) is 0. The molecule has 0 saturated carbocycles. The van der Waals surface area contributed by atoms with E-state index in [9.17, 15) is 4.79 Å². The lowest BCUT2D eigenvalue weighted by molar-refractivity contribution is 0.487. The van der Waals surface area contributed by atoms with E-state index in [1.165, 1.54) is 24.7 Å². The van der Waals surface area contributed by atoms with E-state index in [-0.39, 0.29) is 17.2 Å². The highest BCUT2D eigenvalue weighted by Crippen LogP contribution is 2.39. The number of isocyanates is 1. The van der Waals surface area contributed by atoms with Crippen LogP contribution in [-0.2, 0) is 4.79 Å². The maximum absolute atomic E-state index is 10.3. The number of aliphatic imine (C=N–C) groups is 1. The van der Waals surface area contributed by atoms with E-state index in [2.05, 4.69) is 4.99 Å². The summed E-state index contributed by atoms with van der Waals surface area (Å²) in [6.45, 7) is 3.23. The van der Waals surface area contributed by atoms with Crippen LogP contribution in [0.5, 0.6) is 11.5 Å². The first-order valence-electron chi connectivity index (χ1n) is 4.49. The van der Waals surface area contributed by atoms with Gasteiger partial charge in [-0.2, -0.15) is 4.99 Å². The van der Waals surface area contributed by atoms with Crippen LogP contribution in [0.2, 0.25) is 0 Å². The van der Waals surface area contributed by atoms with Crippen LogP contribution in [0.15, 0.2) is 11.1 Å². The van der Waals surface area contributed by atoms with Crippen molar-refractivity contribution in [1.29, 1.82) is 10.5 Å². The number of nitrogens with zero attached hydrogens (tertiary/aromatic N) is 3. The van der Waals surface area contributed by atoms with E-state index in [1.807, 2.05) is 0 Å². The zero-order valence-corrected chi connectivity index (χ0v) is 9.14. The molecule has 84 valence electrons. The molecule has 0 saturated heterocycles. The molecule has 1 aromatic carbocycles. The molecule has 0 amide bonds. The number of rotatable bonds is 3. The smallest absolute Gasteiger partial charge is 0.292 e. The average Bonchev–Trinajstić information content (AvgIpc) is 2.30. The summed E-state index contributed by atoms with van der Waals surface area (Å²) >= 11 is 0. The quantitative estimate of drug-likeness (QED) is 0.448. The average molecular weight is 229 g/mol. The number of benzene rings is 1. The van der Waals surface area contributed by atoms with Crippen molar-refractivity contribution in [3.05, 3.63) is 17.2 Å². The van der Waals surface area contributed by atoms with Crippen LogP contribution in [0.3, 0.4) is 0 Å². The second-order valence-electron chi connectivity index (χ2n) is 3.08. The van der Waals surface area contributed by atoms with Crippen molar-refractivity contribution in [3.63, 3.8) is 0 Å². The van der Waals surface area contributed by atoms with Gasteiger partial charge < -0.3 is 9.47 Å². The lowest BCUT2D eigenvalue weighted by atomic mass is 10.1. The van der Waals surface area contributed by atoms with E-state index < -0.39 is 0 Å². The Balaban J connectivity index is 3.54. The van der Waals surface area contributed by atoms with Crippen molar-refractivity contribution in [1.82, 2.24) is 0 Å². The van der Waals surface area contributed by atoms with Gasteiger partial charge in [0.1, 0.15) is 11.4 Å². The van der Waals surface area contributed by atoms with Gasteiger partial charge in [0.15, 0.2) is 5.75 Å². The Morgan fingerprint density at radius 1 is 1.24 bits per heavy atom. The van der Waals surface area contributed by atoms with Gasteiger partial charge in [-0.3, -0.25) is 0 Å². The normalized spacial score (nSPS) is 8.47. The van der Waals surface area contributed by atoms with Crippen molar-refractivity contribution in [3.8, 4) is 24.0 Å². The zero-order chi connectivity index (χ0) is 12.8. The molecule has 6 nitrogen and oxygen atoms in total. The molecule has 6 heteroatoms. The molecule has 0 radical (unpaired) electrons. The van der Waals surface area contributed by atoms with E-state index in [1.54, 1.807) is 13.8 Å². The standard InChI is InChI=1S/C11H7N3O3/c1-7-3-9(16-4-12)8(2)10(14-6-15)11(7)17-5-13/h3H,1-2H3. The van der Waals surface area contributed by atoms with Crippen LogP contribution in [0, 0.1) is 36.9 Å². The molecule has 0 heterocycles. The second-order valence-corrected chi connectivity index (χ2v) is 3.08. The predicted molar refractivity (Wildman–Crippen MR) is 56.2 cm³/mol. The third-order valence-electron chi connectivity index (χ3n) is 2.11. The van der Waals surface area contributed by atoms with Crippen molar-refractivity contribution in [2.45, 2.75) is 13.8 Å². The molecular formula is C11H7N3O3. The minimum Gasteiger partial charge on any atom is -0.388 e. The minimum absolute atomic E-state index is 0.131. The highest BCUT2D eigenvalue weighted by molar-refractivity contribution is 5.69. The molecule has 0 bridgehead atoms. The maximum atomic E-state index is 10.3. The molecule has 1 rings (SSSR count). The van der Waals surface area contributed by atoms with Gasteiger partial charge in [-0.25, -0.2) is 4.79 Å². The summed E-state index contributed by atoms with van der Waals surface area (Å²) in [5, 5.41) is 17.0. The third kappa shape index (κ3) is 2.40.